The van der Waals surface area contributed by atoms with Crippen LogP contribution in [-0.2, 0) is 6.54 Å². The van der Waals surface area contributed by atoms with Gasteiger partial charge in [0.2, 0.25) is 5.95 Å². The van der Waals surface area contributed by atoms with E-state index in [1.165, 1.54) is 32.1 Å². The van der Waals surface area contributed by atoms with E-state index in [9.17, 15) is 0 Å². The van der Waals surface area contributed by atoms with Gasteiger partial charge in [0, 0.05) is 19.3 Å². The zero-order chi connectivity index (χ0) is 25.2. The highest BCUT2D eigenvalue weighted by Gasteiger charge is 2.19. The Morgan fingerprint density at radius 1 is 1.26 bits per heavy atom. The molecule has 0 spiro atoms. The largest absolute Gasteiger partial charge is 0.375 e. The van der Waals surface area contributed by atoms with Crippen LogP contribution in [-0.4, -0.2) is 55.7 Å². The van der Waals surface area contributed by atoms with E-state index in [1.54, 1.807) is 0 Å². The maximum absolute atomic E-state index is 8.24. The monoisotopic (exact) mass is 480 g/mol. The topological polar surface area (TPSA) is 98.0 Å². The molecule has 3 N–H and O–H groups in total. The molecule has 0 radical (unpaired) electrons. The first-order valence-corrected chi connectivity index (χ1v) is 13.3. The molecule has 1 saturated heterocycles. The van der Waals surface area contributed by atoms with Gasteiger partial charge in [-0.15, -0.1) is 0 Å². The number of imidazole rings is 1. The summed E-state index contributed by atoms with van der Waals surface area (Å²) in [4.78, 5) is 15.1. The third-order valence-corrected chi connectivity index (χ3v) is 7.01. The Morgan fingerprint density at radius 2 is 2.03 bits per heavy atom. The van der Waals surface area contributed by atoms with E-state index in [2.05, 4.69) is 52.6 Å². The molecule has 0 aliphatic carbocycles. The summed E-state index contributed by atoms with van der Waals surface area (Å²) in [7, 11) is 0. The van der Waals surface area contributed by atoms with Crippen LogP contribution in [0.4, 0.5) is 5.95 Å². The van der Waals surface area contributed by atoms with Gasteiger partial charge in [0.25, 0.3) is 0 Å². The van der Waals surface area contributed by atoms with Crippen LogP contribution in [0.2, 0.25) is 0 Å². The summed E-state index contributed by atoms with van der Waals surface area (Å²) in [5, 5.41) is 16.3. The smallest absolute Gasteiger partial charge is 0.227 e. The third-order valence-electron chi connectivity index (χ3n) is 7.01. The molecule has 0 saturated carbocycles. The van der Waals surface area contributed by atoms with Crippen molar-refractivity contribution in [3.05, 3.63) is 36.4 Å². The summed E-state index contributed by atoms with van der Waals surface area (Å²) in [6, 6.07) is 2.05. The predicted octanol–water partition coefficient (Wildman–Crippen LogP) is 5.74. The Balaban J connectivity index is 1.76. The number of likely N-dealkylation sites (tertiary alicyclic amines) is 1. The molecule has 0 amide bonds. The van der Waals surface area contributed by atoms with Gasteiger partial charge in [0.15, 0.2) is 0 Å². The summed E-state index contributed by atoms with van der Waals surface area (Å²) < 4.78 is 1.95. The molecule has 2 unspecified atom stereocenters. The van der Waals surface area contributed by atoms with Gasteiger partial charge in [0.05, 0.1) is 40.7 Å². The van der Waals surface area contributed by atoms with Gasteiger partial charge in [-0.2, -0.15) is 5.10 Å². The molecule has 35 heavy (non-hydrogen) atoms. The SMILES string of the molecule is C=C(NC(CCCC(C)CC)c1cnc(/N=C(/CN2CCCCC2)C(C)=N)[nH]1)c1ccnn1CC. The Morgan fingerprint density at radius 3 is 2.71 bits per heavy atom. The number of aromatic nitrogens is 4. The molecule has 0 aromatic carbocycles. The number of nitrogens with one attached hydrogen (secondary N) is 3. The van der Waals surface area contributed by atoms with Crippen molar-refractivity contribution in [1.29, 1.82) is 5.41 Å². The first-order chi connectivity index (χ1) is 16.9. The lowest BCUT2D eigenvalue weighted by atomic mass is 9.98. The molecule has 2 aromatic rings. The Bertz CT molecular complexity index is 979. The molecule has 1 aliphatic heterocycles. The first-order valence-electron chi connectivity index (χ1n) is 13.3. The molecule has 1 aliphatic rings. The van der Waals surface area contributed by atoms with Crippen LogP contribution in [0.15, 0.2) is 30.0 Å². The van der Waals surface area contributed by atoms with Crippen LogP contribution in [0.3, 0.4) is 0 Å². The number of aromatic amines is 1. The number of hydrogen-bond donors (Lipinski definition) is 3. The number of nitrogens with zero attached hydrogens (tertiary/aromatic N) is 5. The number of rotatable bonds is 14. The first kappa shape index (κ1) is 26.9. The van der Waals surface area contributed by atoms with Crippen molar-refractivity contribution in [2.75, 3.05) is 19.6 Å². The number of H-pyrrole nitrogens is 1. The van der Waals surface area contributed by atoms with Crippen LogP contribution >= 0.6 is 0 Å². The van der Waals surface area contributed by atoms with Crippen molar-refractivity contribution in [2.24, 2.45) is 10.9 Å². The summed E-state index contributed by atoms with van der Waals surface area (Å²) >= 11 is 0. The van der Waals surface area contributed by atoms with Crippen molar-refractivity contribution in [3.8, 4) is 0 Å². The van der Waals surface area contributed by atoms with Crippen LogP contribution in [0, 0.1) is 11.3 Å². The Labute approximate surface area is 210 Å². The Hall–Kier alpha value is -2.74. The Kier molecular flexibility index (Phi) is 10.3. The molecule has 192 valence electrons. The molecule has 8 heteroatoms. The summed E-state index contributed by atoms with van der Waals surface area (Å²) in [5.41, 5.74) is 4.14. The zero-order valence-corrected chi connectivity index (χ0v) is 22.1. The summed E-state index contributed by atoms with van der Waals surface area (Å²) in [6.07, 6.45) is 11.9. The third kappa shape index (κ3) is 7.88. The van der Waals surface area contributed by atoms with Crippen LogP contribution in [0.25, 0.3) is 5.70 Å². The minimum absolute atomic E-state index is 0.0508. The minimum atomic E-state index is 0.0508. The molecule has 1 fully saturated rings. The van der Waals surface area contributed by atoms with E-state index < -0.39 is 0 Å². The van der Waals surface area contributed by atoms with E-state index in [4.69, 9.17) is 10.4 Å². The average Bonchev–Trinajstić information content (AvgIpc) is 3.53. The van der Waals surface area contributed by atoms with Crippen molar-refractivity contribution in [1.82, 2.24) is 30.0 Å². The molecule has 2 atom stereocenters. The highest BCUT2D eigenvalue weighted by Crippen LogP contribution is 2.25. The second kappa shape index (κ2) is 13.4. The van der Waals surface area contributed by atoms with Gasteiger partial charge >= 0.3 is 0 Å². The van der Waals surface area contributed by atoms with Gasteiger partial charge in [-0.1, -0.05) is 46.1 Å². The van der Waals surface area contributed by atoms with Gasteiger partial charge in [0.1, 0.15) is 0 Å². The van der Waals surface area contributed by atoms with E-state index in [1.807, 2.05) is 30.1 Å². The maximum Gasteiger partial charge on any atom is 0.227 e. The highest BCUT2D eigenvalue weighted by atomic mass is 15.3. The van der Waals surface area contributed by atoms with E-state index in [0.717, 1.165) is 61.2 Å². The fourth-order valence-corrected chi connectivity index (χ4v) is 4.56. The normalized spacial score (nSPS) is 16.7. The standard InChI is InChI=1S/C27H44N8/c1-6-20(3)12-11-13-23(31-22(5)26-14-15-30-35(26)7-2)24-18-29-27(32-24)33-25(21(4)28)19-34-16-9-8-10-17-34/h14-15,18,20,23,28,31H,5-13,16-17,19H2,1-4H3,(H,29,32)/b28-21?,33-25-. The summed E-state index contributed by atoms with van der Waals surface area (Å²) in [6.45, 7) is 16.4. The number of hydrogen-bond acceptors (Lipinski definition) is 6. The molecule has 3 heterocycles. The maximum atomic E-state index is 8.24. The zero-order valence-electron chi connectivity index (χ0n) is 22.1. The predicted molar refractivity (Wildman–Crippen MR) is 145 cm³/mol. The lowest BCUT2D eigenvalue weighted by molar-refractivity contribution is 0.259. The molecular formula is C27H44N8. The number of piperidine rings is 1. The minimum Gasteiger partial charge on any atom is -0.375 e. The van der Waals surface area contributed by atoms with Crippen molar-refractivity contribution >= 4 is 23.1 Å². The molecule has 8 nitrogen and oxygen atoms in total. The number of aliphatic imine (C=N–C) groups is 1. The molecule has 2 aromatic heterocycles. The van der Waals surface area contributed by atoms with Crippen molar-refractivity contribution in [2.45, 2.75) is 85.2 Å². The van der Waals surface area contributed by atoms with Gasteiger partial charge in [-0.3, -0.25) is 9.58 Å². The fourth-order valence-electron chi connectivity index (χ4n) is 4.56. The van der Waals surface area contributed by atoms with E-state index in [-0.39, 0.29) is 6.04 Å². The second-order valence-electron chi connectivity index (χ2n) is 9.83. The van der Waals surface area contributed by atoms with E-state index >= 15 is 0 Å². The molecule has 0 bridgehead atoms. The lowest BCUT2D eigenvalue weighted by Crippen LogP contribution is -2.36. The van der Waals surface area contributed by atoms with Gasteiger partial charge in [-0.05, 0) is 58.2 Å². The van der Waals surface area contributed by atoms with Gasteiger partial charge in [-0.25, -0.2) is 9.98 Å². The van der Waals surface area contributed by atoms with Crippen molar-refractivity contribution in [3.63, 3.8) is 0 Å². The summed E-state index contributed by atoms with van der Waals surface area (Å²) in [5.74, 6) is 1.28. The van der Waals surface area contributed by atoms with Crippen molar-refractivity contribution < 1.29 is 0 Å². The lowest BCUT2D eigenvalue weighted by Gasteiger charge is -2.26. The quantitative estimate of drug-likeness (QED) is 0.300. The average molecular weight is 481 g/mol. The van der Waals surface area contributed by atoms with Gasteiger partial charge < -0.3 is 15.7 Å². The second-order valence-corrected chi connectivity index (χ2v) is 9.83. The number of aryl methyl sites for hydroxylation is 1. The van der Waals surface area contributed by atoms with Crippen LogP contribution < -0.4 is 5.32 Å². The highest BCUT2D eigenvalue weighted by molar-refractivity contribution is 6.41. The van der Waals surface area contributed by atoms with Crippen LogP contribution in [0.1, 0.15) is 90.1 Å². The molecular weight excluding hydrogens is 436 g/mol. The van der Waals surface area contributed by atoms with E-state index in [0.29, 0.717) is 18.2 Å². The molecule has 3 rings (SSSR count). The fraction of sp³-hybridized carbons (Fsp3) is 0.630. The van der Waals surface area contributed by atoms with Crippen LogP contribution in [0.5, 0.6) is 0 Å².